The summed E-state index contributed by atoms with van der Waals surface area (Å²) < 4.78 is 39.2. The molecule has 1 aromatic rings. The van der Waals surface area contributed by atoms with Crippen molar-refractivity contribution < 1.29 is 17.9 Å². The van der Waals surface area contributed by atoms with Crippen molar-refractivity contribution in [1.82, 2.24) is 9.21 Å². The van der Waals surface area contributed by atoms with Crippen LogP contribution in [0, 0.1) is 5.82 Å². The molecule has 1 N–H and O–H groups in total. The van der Waals surface area contributed by atoms with Crippen molar-refractivity contribution in [3.05, 3.63) is 35.6 Å². The second-order valence-electron chi connectivity index (χ2n) is 5.20. The van der Waals surface area contributed by atoms with Crippen LogP contribution in [0.1, 0.15) is 12.0 Å². The molecule has 0 saturated carbocycles. The first kappa shape index (κ1) is 16.4. The molecule has 0 aromatic heterocycles. The summed E-state index contributed by atoms with van der Waals surface area (Å²) >= 11 is 0. The smallest absolute Gasteiger partial charge is 0.218 e. The Morgan fingerprint density at radius 2 is 1.81 bits per heavy atom. The molecule has 0 spiro atoms. The number of aliphatic hydroxyl groups is 1. The molecular weight excluding hydrogens is 295 g/mol. The third kappa shape index (κ3) is 4.74. The van der Waals surface area contributed by atoms with Gasteiger partial charge in [-0.05, 0) is 30.7 Å². The zero-order chi connectivity index (χ0) is 15.3. The Balaban J connectivity index is 2.00. The lowest BCUT2D eigenvalue weighted by molar-refractivity contribution is 0.202. The van der Waals surface area contributed by atoms with Crippen molar-refractivity contribution in [2.45, 2.75) is 12.2 Å². The van der Waals surface area contributed by atoms with Gasteiger partial charge in [0.25, 0.3) is 0 Å². The van der Waals surface area contributed by atoms with Crippen LogP contribution in [-0.2, 0) is 15.8 Å². The summed E-state index contributed by atoms with van der Waals surface area (Å²) in [5.41, 5.74) is 0.591. The maximum absolute atomic E-state index is 12.9. The van der Waals surface area contributed by atoms with E-state index in [2.05, 4.69) is 4.90 Å². The Bertz CT molecular complexity index is 548. The van der Waals surface area contributed by atoms with E-state index in [9.17, 15) is 12.8 Å². The van der Waals surface area contributed by atoms with Crippen LogP contribution in [0.15, 0.2) is 24.3 Å². The number of β-amino-alcohol motifs (C(OH)–C–C–N with tert-alkyl or cyclic N) is 1. The molecular formula is C14H21FN2O3S. The molecule has 1 aliphatic rings. The number of nitrogens with zero attached hydrogens (tertiary/aromatic N) is 2. The first-order chi connectivity index (χ1) is 10.0. The number of hydrogen-bond acceptors (Lipinski definition) is 4. The standard InChI is InChI=1S/C14H21FN2O3S/c15-14-4-2-13(3-5-14)12-21(19,20)17-7-1-6-16(8-9-17)10-11-18/h2-5,18H,1,6-12H2. The van der Waals surface area contributed by atoms with E-state index in [0.717, 1.165) is 13.0 Å². The molecule has 21 heavy (non-hydrogen) atoms. The van der Waals surface area contributed by atoms with Crippen LogP contribution in [-0.4, -0.2) is 62.1 Å². The molecule has 1 saturated heterocycles. The molecule has 0 atom stereocenters. The number of benzene rings is 1. The fourth-order valence-electron chi connectivity index (χ4n) is 2.47. The summed E-state index contributed by atoms with van der Waals surface area (Å²) in [7, 11) is -3.39. The number of sulfonamides is 1. The molecule has 1 heterocycles. The van der Waals surface area contributed by atoms with Gasteiger partial charge in [0, 0.05) is 26.2 Å². The van der Waals surface area contributed by atoms with Crippen LogP contribution in [0.5, 0.6) is 0 Å². The van der Waals surface area contributed by atoms with E-state index >= 15 is 0 Å². The zero-order valence-electron chi connectivity index (χ0n) is 11.9. The van der Waals surface area contributed by atoms with Crippen molar-refractivity contribution in [2.75, 3.05) is 39.3 Å². The van der Waals surface area contributed by atoms with Crippen LogP contribution in [0.3, 0.4) is 0 Å². The fourth-order valence-corrected chi connectivity index (χ4v) is 4.04. The Kier molecular flexibility index (Phi) is 5.69. The van der Waals surface area contributed by atoms with Crippen molar-refractivity contribution in [3.8, 4) is 0 Å². The van der Waals surface area contributed by atoms with E-state index in [1.54, 1.807) is 0 Å². The third-order valence-corrected chi connectivity index (χ3v) is 5.47. The molecule has 7 heteroatoms. The van der Waals surface area contributed by atoms with Gasteiger partial charge in [0.05, 0.1) is 12.4 Å². The Morgan fingerprint density at radius 3 is 2.48 bits per heavy atom. The average molecular weight is 316 g/mol. The molecule has 0 aliphatic carbocycles. The van der Waals surface area contributed by atoms with Crippen molar-refractivity contribution in [1.29, 1.82) is 0 Å². The molecule has 1 fully saturated rings. The highest BCUT2D eigenvalue weighted by molar-refractivity contribution is 7.88. The first-order valence-electron chi connectivity index (χ1n) is 7.07. The van der Waals surface area contributed by atoms with Crippen LogP contribution < -0.4 is 0 Å². The number of aliphatic hydroxyl groups excluding tert-OH is 1. The molecule has 0 radical (unpaired) electrons. The highest BCUT2D eigenvalue weighted by atomic mass is 32.2. The molecule has 1 aromatic carbocycles. The van der Waals surface area contributed by atoms with E-state index < -0.39 is 10.0 Å². The molecule has 2 rings (SSSR count). The predicted octanol–water partition coefficient (Wildman–Crippen LogP) is 0.656. The second-order valence-corrected chi connectivity index (χ2v) is 7.17. The van der Waals surface area contributed by atoms with Gasteiger partial charge in [-0.1, -0.05) is 12.1 Å². The van der Waals surface area contributed by atoms with Gasteiger partial charge >= 0.3 is 0 Å². The number of halogens is 1. The van der Waals surface area contributed by atoms with Gasteiger partial charge in [0.15, 0.2) is 0 Å². The Labute approximate surface area is 125 Å². The third-order valence-electron chi connectivity index (χ3n) is 3.62. The van der Waals surface area contributed by atoms with Crippen LogP contribution in [0.4, 0.5) is 4.39 Å². The van der Waals surface area contributed by atoms with Crippen LogP contribution in [0.2, 0.25) is 0 Å². The predicted molar refractivity (Wildman–Crippen MR) is 78.7 cm³/mol. The van der Waals surface area contributed by atoms with Crippen molar-refractivity contribution in [2.24, 2.45) is 0 Å². The molecule has 118 valence electrons. The SMILES string of the molecule is O=S(=O)(Cc1ccc(F)cc1)N1CCCN(CCO)CC1. The first-order valence-corrected chi connectivity index (χ1v) is 8.68. The Hall–Kier alpha value is -1.02. The highest BCUT2D eigenvalue weighted by Gasteiger charge is 2.25. The maximum atomic E-state index is 12.9. The quantitative estimate of drug-likeness (QED) is 0.867. The molecule has 5 nitrogen and oxygen atoms in total. The van der Waals surface area contributed by atoms with Gasteiger partial charge in [0.1, 0.15) is 5.82 Å². The minimum atomic E-state index is -3.39. The van der Waals surface area contributed by atoms with Crippen molar-refractivity contribution in [3.63, 3.8) is 0 Å². The van der Waals surface area contributed by atoms with Gasteiger partial charge < -0.3 is 5.11 Å². The monoisotopic (exact) mass is 316 g/mol. The van der Waals surface area contributed by atoms with Gasteiger partial charge in [-0.25, -0.2) is 17.1 Å². The normalized spacial score (nSPS) is 18.6. The summed E-state index contributed by atoms with van der Waals surface area (Å²) in [5.74, 6) is -0.474. The van der Waals surface area contributed by atoms with E-state index in [-0.39, 0.29) is 18.2 Å². The van der Waals surface area contributed by atoms with Crippen LogP contribution >= 0.6 is 0 Å². The summed E-state index contributed by atoms with van der Waals surface area (Å²) in [6.07, 6.45) is 0.753. The summed E-state index contributed by atoms with van der Waals surface area (Å²) in [4.78, 5) is 2.06. The largest absolute Gasteiger partial charge is 0.395 e. The summed E-state index contributed by atoms with van der Waals surface area (Å²) in [5, 5.41) is 8.95. The number of hydrogen-bond donors (Lipinski definition) is 1. The minimum Gasteiger partial charge on any atom is -0.395 e. The number of rotatable bonds is 5. The highest BCUT2D eigenvalue weighted by Crippen LogP contribution is 2.14. The average Bonchev–Trinajstić information content (AvgIpc) is 2.68. The second kappa shape index (κ2) is 7.31. The van der Waals surface area contributed by atoms with Gasteiger partial charge in [-0.15, -0.1) is 0 Å². The van der Waals surface area contributed by atoms with E-state index in [0.29, 0.717) is 31.7 Å². The van der Waals surface area contributed by atoms with Crippen LogP contribution in [0.25, 0.3) is 0 Å². The van der Waals surface area contributed by atoms with Crippen molar-refractivity contribution >= 4 is 10.0 Å². The lowest BCUT2D eigenvalue weighted by atomic mass is 10.2. The minimum absolute atomic E-state index is 0.0856. The molecule has 0 unspecified atom stereocenters. The lowest BCUT2D eigenvalue weighted by Gasteiger charge is -2.21. The maximum Gasteiger partial charge on any atom is 0.218 e. The van der Waals surface area contributed by atoms with Gasteiger partial charge in [-0.3, -0.25) is 4.90 Å². The summed E-state index contributed by atoms with van der Waals surface area (Å²) in [6.45, 7) is 3.01. The molecule has 0 bridgehead atoms. The topological polar surface area (TPSA) is 60.9 Å². The van der Waals surface area contributed by atoms with E-state index in [1.165, 1.54) is 28.6 Å². The van der Waals surface area contributed by atoms with E-state index in [1.807, 2.05) is 0 Å². The fraction of sp³-hybridized carbons (Fsp3) is 0.571. The van der Waals surface area contributed by atoms with Gasteiger partial charge in [-0.2, -0.15) is 0 Å². The summed E-state index contributed by atoms with van der Waals surface area (Å²) in [6, 6.07) is 5.55. The Morgan fingerprint density at radius 1 is 1.10 bits per heavy atom. The lowest BCUT2D eigenvalue weighted by Crippen LogP contribution is -2.36. The van der Waals surface area contributed by atoms with Gasteiger partial charge in [0.2, 0.25) is 10.0 Å². The molecule has 0 amide bonds. The zero-order valence-corrected chi connectivity index (χ0v) is 12.7. The molecule has 1 aliphatic heterocycles. The van der Waals surface area contributed by atoms with E-state index in [4.69, 9.17) is 5.11 Å².